The predicted octanol–water partition coefficient (Wildman–Crippen LogP) is 5.41. The van der Waals surface area contributed by atoms with Crippen LogP contribution >= 0.6 is 0 Å². The summed E-state index contributed by atoms with van der Waals surface area (Å²) in [6.45, 7) is 4.41. The normalized spacial score (nSPS) is 26.8. The molecule has 4 nitrogen and oxygen atoms in total. The molecule has 2 heterocycles. The van der Waals surface area contributed by atoms with E-state index in [-0.39, 0.29) is 11.4 Å². The molecule has 0 bridgehead atoms. The number of halogens is 3. The van der Waals surface area contributed by atoms with Crippen molar-refractivity contribution in [2.24, 2.45) is 0 Å². The van der Waals surface area contributed by atoms with Crippen molar-refractivity contribution in [3.05, 3.63) is 70.8 Å². The van der Waals surface area contributed by atoms with Crippen molar-refractivity contribution in [1.82, 2.24) is 10.6 Å². The highest BCUT2D eigenvalue weighted by atomic mass is 19.4. The van der Waals surface area contributed by atoms with Gasteiger partial charge in [-0.1, -0.05) is 42.0 Å². The van der Waals surface area contributed by atoms with Crippen molar-refractivity contribution >= 4 is 5.91 Å². The van der Waals surface area contributed by atoms with Crippen LogP contribution in [0, 0.1) is 6.92 Å². The number of benzene rings is 2. The number of nitrogens with one attached hydrogen (secondary N) is 2. The zero-order valence-electron chi connectivity index (χ0n) is 19.1. The van der Waals surface area contributed by atoms with Gasteiger partial charge in [0.15, 0.2) is 0 Å². The fraction of sp³-hybridized carbons (Fsp3) is 0.500. The van der Waals surface area contributed by atoms with E-state index in [9.17, 15) is 18.0 Å². The first-order valence-electron chi connectivity index (χ1n) is 11.5. The Balaban J connectivity index is 1.53. The summed E-state index contributed by atoms with van der Waals surface area (Å²) in [6, 6.07) is 14.1. The highest BCUT2D eigenvalue weighted by Crippen LogP contribution is 2.39. The van der Waals surface area contributed by atoms with E-state index < -0.39 is 23.4 Å². The molecule has 2 N–H and O–H groups in total. The molecule has 2 saturated heterocycles. The summed E-state index contributed by atoms with van der Waals surface area (Å²) in [5.74, 6) is 0.0973. The van der Waals surface area contributed by atoms with Gasteiger partial charge >= 0.3 is 6.18 Å². The van der Waals surface area contributed by atoms with E-state index >= 15 is 0 Å². The molecule has 2 fully saturated rings. The van der Waals surface area contributed by atoms with Crippen molar-refractivity contribution in [1.29, 1.82) is 0 Å². The number of hydrogen-bond donors (Lipinski definition) is 2. The molecule has 0 aliphatic carbocycles. The Morgan fingerprint density at radius 3 is 2.48 bits per heavy atom. The quantitative estimate of drug-likeness (QED) is 0.627. The SMILES string of the molecule is Cc1cc([C@@H](C)OC[C@@]2(c3ccccc3)CC[C@]3(CCCC(=O)N3)CN2)cc(C(F)(F)F)c1. The lowest BCUT2D eigenvalue weighted by Crippen LogP contribution is -2.65. The molecule has 3 atom stereocenters. The first-order valence-corrected chi connectivity index (χ1v) is 11.5. The number of carbonyl (C=O) groups is 1. The van der Waals surface area contributed by atoms with Crippen molar-refractivity contribution in [2.45, 2.75) is 69.3 Å². The molecule has 2 aromatic rings. The van der Waals surface area contributed by atoms with Gasteiger partial charge in [0.05, 0.1) is 29.4 Å². The highest BCUT2D eigenvalue weighted by Gasteiger charge is 2.45. The second-order valence-electron chi connectivity index (χ2n) is 9.57. The Morgan fingerprint density at radius 1 is 1.09 bits per heavy atom. The average molecular weight is 461 g/mol. The maximum absolute atomic E-state index is 13.3. The van der Waals surface area contributed by atoms with Gasteiger partial charge in [0.25, 0.3) is 0 Å². The van der Waals surface area contributed by atoms with Crippen molar-refractivity contribution in [3.8, 4) is 0 Å². The molecule has 1 amide bonds. The minimum absolute atomic E-state index is 0.0973. The van der Waals surface area contributed by atoms with E-state index in [0.29, 0.717) is 30.7 Å². The number of hydrogen-bond acceptors (Lipinski definition) is 3. The number of amides is 1. The predicted molar refractivity (Wildman–Crippen MR) is 121 cm³/mol. The third-order valence-corrected chi connectivity index (χ3v) is 7.06. The molecule has 2 aromatic carbocycles. The summed E-state index contributed by atoms with van der Waals surface area (Å²) in [6.07, 6.45) is -0.922. The fourth-order valence-corrected chi connectivity index (χ4v) is 5.08. The van der Waals surface area contributed by atoms with Crippen LogP contribution in [0.4, 0.5) is 13.2 Å². The van der Waals surface area contributed by atoms with Crippen LogP contribution in [0.25, 0.3) is 0 Å². The molecule has 1 spiro atoms. The number of rotatable bonds is 5. The maximum atomic E-state index is 13.3. The molecule has 0 saturated carbocycles. The number of carbonyl (C=O) groups excluding carboxylic acids is 1. The average Bonchev–Trinajstić information content (AvgIpc) is 2.78. The number of ether oxygens (including phenoxy) is 1. The summed E-state index contributed by atoms with van der Waals surface area (Å²) in [4.78, 5) is 12.0. The molecule has 2 aliphatic rings. The van der Waals surface area contributed by atoms with Gasteiger partial charge in [-0.3, -0.25) is 4.79 Å². The summed E-state index contributed by atoms with van der Waals surface area (Å²) in [5.41, 5.74) is 0.777. The number of aryl methyl sites for hydroxylation is 1. The molecular formula is C26H31F3N2O2. The van der Waals surface area contributed by atoms with Crippen molar-refractivity contribution in [3.63, 3.8) is 0 Å². The molecule has 33 heavy (non-hydrogen) atoms. The number of alkyl halides is 3. The molecule has 0 unspecified atom stereocenters. The van der Waals surface area contributed by atoms with Gasteiger partial charge in [-0.2, -0.15) is 13.2 Å². The summed E-state index contributed by atoms with van der Waals surface area (Å²) in [5, 5.41) is 6.85. The van der Waals surface area contributed by atoms with E-state index in [1.54, 1.807) is 19.9 Å². The molecule has 178 valence electrons. The Hall–Kier alpha value is -2.38. The topological polar surface area (TPSA) is 50.4 Å². The van der Waals surface area contributed by atoms with Gasteiger partial charge in [-0.15, -0.1) is 0 Å². The molecule has 2 aliphatic heterocycles. The van der Waals surface area contributed by atoms with Gasteiger partial charge < -0.3 is 15.4 Å². The smallest absolute Gasteiger partial charge is 0.372 e. The lowest BCUT2D eigenvalue weighted by atomic mass is 9.73. The molecule has 0 aromatic heterocycles. The van der Waals surface area contributed by atoms with E-state index in [0.717, 1.165) is 37.3 Å². The highest BCUT2D eigenvalue weighted by molar-refractivity contribution is 5.77. The lowest BCUT2D eigenvalue weighted by Gasteiger charge is -2.49. The van der Waals surface area contributed by atoms with Crippen LogP contribution < -0.4 is 10.6 Å². The monoisotopic (exact) mass is 460 g/mol. The van der Waals surface area contributed by atoms with Crippen LogP contribution in [0.15, 0.2) is 48.5 Å². The summed E-state index contributed by atoms with van der Waals surface area (Å²) < 4.78 is 46.1. The van der Waals surface area contributed by atoms with Crippen LogP contribution in [0.3, 0.4) is 0 Å². The van der Waals surface area contributed by atoms with E-state index in [2.05, 4.69) is 10.6 Å². The minimum atomic E-state index is -4.39. The largest absolute Gasteiger partial charge is 0.416 e. The van der Waals surface area contributed by atoms with Crippen LogP contribution in [0.5, 0.6) is 0 Å². The fourth-order valence-electron chi connectivity index (χ4n) is 5.08. The maximum Gasteiger partial charge on any atom is 0.416 e. The minimum Gasteiger partial charge on any atom is -0.372 e. The third-order valence-electron chi connectivity index (χ3n) is 7.06. The Morgan fingerprint density at radius 2 is 1.85 bits per heavy atom. The molecular weight excluding hydrogens is 429 g/mol. The summed E-state index contributed by atoms with van der Waals surface area (Å²) in [7, 11) is 0. The van der Waals surface area contributed by atoms with Crippen molar-refractivity contribution < 1.29 is 22.7 Å². The van der Waals surface area contributed by atoms with Gasteiger partial charge in [0.2, 0.25) is 5.91 Å². The van der Waals surface area contributed by atoms with Crippen LogP contribution in [-0.2, 0) is 21.2 Å². The Kier molecular flexibility index (Phi) is 6.56. The van der Waals surface area contributed by atoms with Gasteiger partial charge in [-0.05, 0) is 62.8 Å². The number of piperidine rings is 2. The first kappa shape index (κ1) is 23.8. The zero-order valence-corrected chi connectivity index (χ0v) is 19.1. The van der Waals surface area contributed by atoms with Gasteiger partial charge in [0.1, 0.15) is 0 Å². The summed E-state index contributed by atoms with van der Waals surface area (Å²) >= 11 is 0. The molecule has 4 rings (SSSR count). The Bertz CT molecular complexity index is 983. The van der Waals surface area contributed by atoms with Gasteiger partial charge in [0, 0.05) is 13.0 Å². The third kappa shape index (κ3) is 5.25. The molecule has 0 radical (unpaired) electrons. The van der Waals surface area contributed by atoms with Crippen molar-refractivity contribution in [2.75, 3.05) is 13.2 Å². The van der Waals surface area contributed by atoms with E-state index in [1.165, 1.54) is 6.07 Å². The lowest BCUT2D eigenvalue weighted by molar-refractivity contribution is -0.137. The van der Waals surface area contributed by atoms with E-state index in [4.69, 9.17) is 4.74 Å². The van der Waals surface area contributed by atoms with Gasteiger partial charge in [-0.25, -0.2) is 0 Å². The van der Waals surface area contributed by atoms with Crippen LogP contribution in [0.1, 0.15) is 67.4 Å². The second kappa shape index (κ2) is 9.11. The Labute approximate surface area is 192 Å². The van der Waals surface area contributed by atoms with Crippen LogP contribution in [-0.4, -0.2) is 24.6 Å². The second-order valence-corrected chi connectivity index (χ2v) is 9.57. The van der Waals surface area contributed by atoms with E-state index in [1.807, 2.05) is 30.3 Å². The van der Waals surface area contributed by atoms with Crippen LogP contribution in [0.2, 0.25) is 0 Å². The first-order chi connectivity index (χ1) is 15.6. The standard InChI is InChI=1S/C26H31F3N2O2/c1-18-13-20(15-22(14-18)26(27,28)29)19(2)33-17-25(21-7-4-3-5-8-21)12-11-24(16-30-25)10-6-9-23(32)31-24/h3-5,7-8,13-15,19,30H,6,9-12,16-17H2,1-2H3,(H,31,32)/t19-,24-,25-/m1/s1. The molecule has 7 heteroatoms. The zero-order chi connectivity index (χ0) is 23.7.